The molecule has 0 N–H and O–H groups in total. The second-order valence-corrected chi connectivity index (χ2v) is 10.1. The lowest BCUT2D eigenvalue weighted by molar-refractivity contribution is -0.131. The SMILES string of the molecule is CCCC(=O)N1CCN(c2nc(Cc3ccccc3)nc3sc4c(c23)CCCCC4)CC1. The molecule has 0 bridgehead atoms. The van der Waals surface area contributed by atoms with Gasteiger partial charge in [-0.05, 0) is 43.2 Å². The van der Waals surface area contributed by atoms with E-state index < -0.39 is 0 Å². The Bertz CT molecular complexity index is 1090. The third-order valence-electron chi connectivity index (χ3n) is 6.69. The zero-order chi connectivity index (χ0) is 21.9. The highest BCUT2D eigenvalue weighted by atomic mass is 32.1. The Kier molecular flexibility index (Phi) is 6.39. The van der Waals surface area contributed by atoms with Crippen LogP contribution >= 0.6 is 11.3 Å². The third kappa shape index (κ3) is 4.38. The summed E-state index contributed by atoms with van der Waals surface area (Å²) in [4.78, 5) is 29.7. The zero-order valence-electron chi connectivity index (χ0n) is 19.0. The van der Waals surface area contributed by atoms with Crippen LogP contribution in [0.15, 0.2) is 30.3 Å². The maximum atomic E-state index is 12.4. The average molecular weight is 449 g/mol. The van der Waals surface area contributed by atoms with Crippen LogP contribution in [0.5, 0.6) is 0 Å². The number of rotatable bonds is 5. The van der Waals surface area contributed by atoms with E-state index in [9.17, 15) is 4.79 Å². The molecular weight excluding hydrogens is 416 g/mol. The number of piperazine rings is 1. The zero-order valence-corrected chi connectivity index (χ0v) is 19.8. The van der Waals surface area contributed by atoms with E-state index in [2.05, 4.69) is 42.2 Å². The molecule has 3 heterocycles. The van der Waals surface area contributed by atoms with Gasteiger partial charge in [0, 0.05) is 43.9 Å². The van der Waals surface area contributed by atoms with E-state index in [1.54, 1.807) is 0 Å². The van der Waals surface area contributed by atoms with Gasteiger partial charge in [0.1, 0.15) is 16.5 Å². The van der Waals surface area contributed by atoms with E-state index >= 15 is 0 Å². The molecule has 1 saturated heterocycles. The van der Waals surface area contributed by atoms with Crippen LogP contribution in [0, 0.1) is 0 Å². The van der Waals surface area contributed by atoms with Crippen LogP contribution in [0.4, 0.5) is 5.82 Å². The highest BCUT2D eigenvalue weighted by molar-refractivity contribution is 7.19. The average Bonchev–Trinajstić information content (AvgIpc) is 3.00. The maximum absolute atomic E-state index is 12.4. The van der Waals surface area contributed by atoms with Gasteiger partial charge in [-0.15, -0.1) is 11.3 Å². The second-order valence-electron chi connectivity index (χ2n) is 8.99. The normalized spacial score (nSPS) is 16.8. The largest absolute Gasteiger partial charge is 0.352 e. The van der Waals surface area contributed by atoms with Crippen molar-refractivity contribution in [1.29, 1.82) is 0 Å². The van der Waals surface area contributed by atoms with Crippen LogP contribution in [0.25, 0.3) is 10.2 Å². The highest BCUT2D eigenvalue weighted by Crippen LogP contribution is 2.39. The van der Waals surface area contributed by atoms with Crippen LogP contribution in [-0.2, 0) is 24.1 Å². The Morgan fingerprint density at radius 3 is 2.56 bits per heavy atom. The van der Waals surface area contributed by atoms with E-state index in [1.807, 2.05) is 16.2 Å². The summed E-state index contributed by atoms with van der Waals surface area (Å²) >= 11 is 1.89. The Morgan fingerprint density at radius 2 is 1.78 bits per heavy atom. The number of carbonyl (C=O) groups excluding carboxylic acids is 1. The molecule has 168 valence electrons. The molecule has 32 heavy (non-hydrogen) atoms. The van der Waals surface area contributed by atoms with Crippen molar-refractivity contribution in [3.05, 3.63) is 52.2 Å². The maximum Gasteiger partial charge on any atom is 0.222 e. The van der Waals surface area contributed by atoms with E-state index in [1.165, 1.54) is 47.1 Å². The fourth-order valence-corrected chi connectivity index (χ4v) is 6.26. The first-order valence-corrected chi connectivity index (χ1v) is 12.9. The summed E-state index contributed by atoms with van der Waals surface area (Å²) in [7, 11) is 0. The first-order chi connectivity index (χ1) is 15.7. The Morgan fingerprint density at radius 1 is 1.00 bits per heavy atom. The number of amides is 1. The molecule has 5 nitrogen and oxygen atoms in total. The minimum absolute atomic E-state index is 0.286. The molecule has 1 fully saturated rings. The summed E-state index contributed by atoms with van der Waals surface area (Å²) in [5.41, 5.74) is 2.74. The number of anilines is 1. The molecule has 0 radical (unpaired) electrons. The number of nitrogens with zero attached hydrogens (tertiary/aromatic N) is 4. The number of aryl methyl sites for hydroxylation is 2. The Labute approximate surface area is 194 Å². The quantitative estimate of drug-likeness (QED) is 0.516. The van der Waals surface area contributed by atoms with Gasteiger partial charge in [-0.2, -0.15) is 0 Å². The van der Waals surface area contributed by atoms with Crippen LogP contribution < -0.4 is 4.90 Å². The summed E-state index contributed by atoms with van der Waals surface area (Å²) in [5, 5.41) is 1.29. The lowest BCUT2D eigenvalue weighted by Crippen LogP contribution is -2.49. The number of benzene rings is 1. The van der Waals surface area contributed by atoms with E-state index in [4.69, 9.17) is 9.97 Å². The molecule has 1 amide bonds. The van der Waals surface area contributed by atoms with Crippen LogP contribution in [0.1, 0.15) is 60.9 Å². The van der Waals surface area contributed by atoms with Crippen LogP contribution in [0.2, 0.25) is 0 Å². The van der Waals surface area contributed by atoms with Gasteiger partial charge < -0.3 is 9.80 Å². The number of fused-ring (bicyclic) bond motifs is 3. The van der Waals surface area contributed by atoms with Gasteiger partial charge in [-0.3, -0.25) is 4.79 Å². The lowest BCUT2D eigenvalue weighted by Gasteiger charge is -2.36. The molecule has 1 aromatic carbocycles. The summed E-state index contributed by atoms with van der Waals surface area (Å²) < 4.78 is 0. The molecule has 1 aliphatic carbocycles. The summed E-state index contributed by atoms with van der Waals surface area (Å²) in [6, 6.07) is 10.5. The van der Waals surface area contributed by atoms with Crippen molar-refractivity contribution in [3.63, 3.8) is 0 Å². The topological polar surface area (TPSA) is 49.3 Å². The molecular formula is C26H32N4OS. The molecule has 2 aromatic heterocycles. The van der Waals surface area contributed by atoms with Crippen molar-refractivity contribution < 1.29 is 4.79 Å². The van der Waals surface area contributed by atoms with Crippen LogP contribution in [0.3, 0.4) is 0 Å². The molecule has 0 unspecified atom stereocenters. The number of hydrogen-bond donors (Lipinski definition) is 0. The van der Waals surface area contributed by atoms with E-state index in [0.29, 0.717) is 6.42 Å². The summed E-state index contributed by atoms with van der Waals surface area (Å²) in [6.45, 7) is 5.33. The lowest BCUT2D eigenvalue weighted by atomic mass is 10.1. The number of thiophene rings is 1. The van der Waals surface area contributed by atoms with Crippen molar-refractivity contribution >= 4 is 33.3 Å². The predicted molar refractivity (Wildman–Crippen MR) is 132 cm³/mol. The third-order valence-corrected chi connectivity index (χ3v) is 7.88. The molecule has 3 aromatic rings. The van der Waals surface area contributed by atoms with Crippen molar-refractivity contribution in [2.24, 2.45) is 0 Å². The minimum Gasteiger partial charge on any atom is -0.352 e. The van der Waals surface area contributed by atoms with Gasteiger partial charge in [0.2, 0.25) is 5.91 Å². The van der Waals surface area contributed by atoms with Gasteiger partial charge in [0.15, 0.2) is 0 Å². The van der Waals surface area contributed by atoms with Crippen molar-refractivity contribution in [1.82, 2.24) is 14.9 Å². The minimum atomic E-state index is 0.286. The molecule has 1 aliphatic heterocycles. The fourth-order valence-electron chi connectivity index (χ4n) is 4.98. The molecule has 5 rings (SSSR count). The van der Waals surface area contributed by atoms with Crippen molar-refractivity contribution in [2.45, 2.75) is 58.3 Å². The molecule has 0 atom stereocenters. The first kappa shape index (κ1) is 21.4. The Balaban J connectivity index is 1.50. The Hall–Kier alpha value is -2.47. The van der Waals surface area contributed by atoms with Gasteiger partial charge >= 0.3 is 0 Å². The van der Waals surface area contributed by atoms with E-state index in [0.717, 1.165) is 61.9 Å². The number of carbonyl (C=O) groups is 1. The summed E-state index contributed by atoms with van der Waals surface area (Å²) in [6.07, 6.45) is 8.46. The predicted octanol–water partition coefficient (Wildman–Crippen LogP) is 5.00. The molecule has 0 saturated carbocycles. The number of hydrogen-bond acceptors (Lipinski definition) is 5. The van der Waals surface area contributed by atoms with Crippen LogP contribution in [-0.4, -0.2) is 47.0 Å². The van der Waals surface area contributed by atoms with Crippen molar-refractivity contribution in [2.75, 3.05) is 31.1 Å². The molecule has 6 heteroatoms. The van der Waals surface area contributed by atoms with Crippen molar-refractivity contribution in [3.8, 4) is 0 Å². The standard InChI is InChI=1S/C26H32N4OS/c1-2-9-23(31)29-14-16-30(17-15-29)25-24-20-12-7-4-8-13-21(20)32-26(24)28-22(27-25)18-19-10-5-3-6-11-19/h3,5-6,10-11H,2,4,7-9,12-18H2,1H3. The first-order valence-electron chi connectivity index (χ1n) is 12.1. The van der Waals surface area contributed by atoms with Gasteiger partial charge in [0.25, 0.3) is 0 Å². The van der Waals surface area contributed by atoms with Gasteiger partial charge in [-0.25, -0.2) is 9.97 Å². The smallest absolute Gasteiger partial charge is 0.222 e. The number of aromatic nitrogens is 2. The molecule has 0 spiro atoms. The molecule has 2 aliphatic rings. The fraction of sp³-hybridized carbons (Fsp3) is 0.500. The van der Waals surface area contributed by atoms with Gasteiger partial charge in [-0.1, -0.05) is 43.7 Å². The second kappa shape index (κ2) is 9.57. The summed E-state index contributed by atoms with van der Waals surface area (Å²) in [5.74, 6) is 2.29. The highest BCUT2D eigenvalue weighted by Gasteiger charge is 2.27. The van der Waals surface area contributed by atoms with Gasteiger partial charge in [0.05, 0.1) is 5.39 Å². The monoisotopic (exact) mass is 448 g/mol. The van der Waals surface area contributed by atoms with E-state index in [-0.39, 0.29) is 5.91 Å².